The van der Waals surface area contributed by atoms with Crippen LogP contribution in [0.15, 0.2) is 24.3 Å². The molecule has 0 saturated carbocycles. The summed E-state index contributed by atoms with van der Waals surface area (Å²) in [5.74, 6) is -0.122. The molecule has 1 atom stereocenters. The molecule has 27 heavy (non-hydrogen) atoms. The molecule has 1 fully saturated rings. The van der Waals surface area contributed by atoms with E-state index >= 15 is 0 Å². The fraction of sp³-hybridized carbons (Fsp3) is 0.524. The van der Waals surface area contributed by atoms with E-state index in [1.54, 1.807) is 0 Å². The highest BCUT2D eigenvalue weighted by molar-refractivity contribution is 5.94. The van der Waals surface area contributed by atoms with Crippen LogP contribution in [-0.2, 0) is 26.4 Å². The van der Waals surface area contributed by atoms with Crippen LogP contribution in [0.3, 0.4) is 0 Å². The molecule has 2 heterocycles. The van der Waals surface area contributed by atoms with Crippen LogP contribution in [0.5, 0.6) is 0 Å². The number of benzene rings is 1. The summed E-state index contributed by atoms with van der Waals surface area (Å²) in [6.07, 6.45) is 6.14. The van der Waals surface area contributed by atoms with Crippen LogP contribution >= 0.6 is 0 Å². The van der Waals surface area contributed by atoms with Crippen molar-refractivity contribution in [2.75, 3.05) is 13.1 Å². The average molecular weight is 370 g/mol. The van der Waals surface area contributed by atoms with Gasteiger partial charge in [-0.1, -0.05) is 12.1 Å². The summed E-state index contributed by atoms with van der Waals surface area (Å²) in [5.41, 5.74) is 4.01. The second kappa shape index (κ2) is 7.80. The van der Waals surface area contributed by atoms with Gasteiger partial charge in [0.15, 0.2) is 5.69 Å². The summed E-state index contributed by atoms with van der Waals surface area (Å²) in [7, 11) is 1.94. The van der Waals surface area contributed by atoms with Crippen LogP contribution in [-0.4, -0.2) is 39.7 Å². The number of likely N-dealkylation sites (tertiary alicyclic amines) is 1. The third-order valence-corrected chi connectivity index (χ3v) is 5.81. The Morgan fingerprint density at radius 3 is 2.70 bits per heavy atom. The summed E-state index contributed by atoms with van der Waals surface area (Å²) < 4.78 is 14.9. The number of aryl methyl sites for hydroxylation is 1. The molecule has 6 heteroatoms. The molecule has 0 radical (unpaired) electrons. The van der Waals surface area contributed by atoms with Gasteiger partial charge in [-0.2, -0.15) is 5.10 Å². The number of aromatic nitrogens is 2. The number of nitrogens with zero attached hydrogens (tertiary/aromatic N) is 3. The first kappa shape index (κ1) is 18.2. The largest absolute Gasteiger partial charge is 0.337 e. The van der Waals surface area contributed by atoms with E-state index in [0.29, 0.717) is 18.3 Å². The maximum atomic E-state index is 13.1. The molecule has 2 aliphatic rings. The minimum absolute atomic E-state index is 0.0886. The lowest BCUT2D eigenvalue weighted by atomic mass is 9.90. The normalized spacial score (nSPS) is 19.8. The van der Waals surface area contributed by atoms with Crippen molar-refractivity contribution in [3.8, 4) is 0 Å². The number of fused-ring (bicyclic) bond motifs is 1. The molecule has 1 saturated heterocycles. The number of hydrogen-bond acceptors (Lipinski definition) is 3. The van der Waals surface area contributed by atoms with Crippen LogP contribution in [0, 0.1) is 5.82 Å². The molecule has 1 aromatic heterocycles. The van der Waals surface area contributed by atoms with Crippen molar-refractivity contribution >= 4 is 5.91 Å². The molecule has 4 rings (SSSR count). The van der Waals surface area contributed by atoms with Gasteiger partial charge < -0.3 is 10.2 Å². The summed E-state index contributed by atoms with van der Waals surface area (Å²) >= 11 is 0. The second-order valence-corrected chi connectivity index (χ2v) is 7.70. The van der Waals surface area contributed by atoms with Crippen molar-refractivity contribution in [2.45, 2.75) is 51.1 Å². The van der Waals surface area contributed by atoms with E-state index in [-0.39, 0.29) is 11.7 Å². The summed E-state index contributed by atoms with van der Waals surface area (Å²) in [5, 5.41) is 8.15. The quantitative estimate of drug-likeness (QED) is 0.900. The molecular weight excluding hydrogens is 343 g/mol. The number of halogens is 1. The van der Waals surface area contributed by atoms with Crippen molar-refractivity contribution in [3.05, 3.63) is 52.6 Å². The van der Waals surface area contributed by atoms with Gasteiger partial charge in [-0.05, 0) is 56.2 Å². The Bertz CT molecular complexity index is 808. The van der Waals surface area contributed by atoms with Crippen LogP contribution in [0.4, 0.5) is 4.39 Å². The number of rotatable bonds is 4. The molecule has 1 aliphatic heterocycles. The molecule has 144 valence electrons. The standard InChI is InChI=1S/C21H27FN4O/c1-25-19-10-9-17(23-14-15-5-7-16(22)8-6-15)13-18(19)20(24-25)21(27)26-11-3-2-4-12-26/h5-8,17,23H,2-4,9-14H2,1H3. The molecule has 1 unspecified atom stereocenters. The van der Waals surface area contributed by atoms with E-state index in [9.17, 15) is 9.18 Å². The predicted octanol–water partition coefficient (Wildman–Crippen LogP) is 2.83. The SMILES string of the molecule is Cn1nc(C(=O)N2CCCCC2)c2c1CCC(NCc1ccc(F)cc1)C2. The van der Waals surface area contributed by atoms with Crippen LogP contribution in [0.1, 0.15) is 53.0 Å². The zero-order valence-corrected chi connectivity index (χ0v) is 15.9. The number of amides is 1. The Hall–Kier alpha value is -2.21. The lowest BCUT2D eigenvalue weighted by molar-refractivity contribution is 0.0716. The predicted molar refractivity (Wildman–Crippen MR) is 102 cm³/mol. The Kier molecular flexibility index (Phi) is 5.25. The number of carbonyl (C=O) groups excluding carboxylic acids is 1. The van der Waals surface area contributed by atoms with E-state index in [4.69, 9.17) is 0 Å². The maximum Gasteiger partial charge on any atom is 0.274 e. The van der Waals surface area contributed by atoms with Crippen molar-refractivity contribution in [3.63, 3.8) is 0 Å². The van der Waals surface area contributed by atoms with Gasteiger partial charge in [0.1, 0.15) is 5.82 Å². The molecule has 1 aromatic carbocycles. The highest BCUT2D eigenvalue weighted by atomic mass is 19.1. The number of piperidine rings is 1. The third kappa shape index (κ3) is 3.90. The van der Waals surface area contributed by atoms with Crippen LogP contribution < -0.4 is 5.32 Å². The second-order valence-electron chi connectivity index (χ2n) is 7.70. The van der Waals surface area contributed by atoms with Gasteiger partial charge >= 0.3 is 0 Å². The van der Waals surface area contributed by atoms with Gasteiger partial charge in [-0.25, -0.2) is 4.39 Å². The summed E-state index contributed by atoms with van der Waals surface area (Å²) in [6, 6.07) is 6.91. The maximum absolute atomic E-state index is 13.1. The van der Waals surface area contributed by atoms with Gasteiger partial charge in [0.2, 0.25) is 0 Å². The molecule has 5 nitrogen and oxygen atoms in total. The Labute approximate surface area is 159 Å². The summed E-state index contributed by atoms with van der Waals surface area (Å²) in [6.45, 7) is 2.39. The molecule has 0 spiro atoms. The average Bonchev–Trinajstić information content (AvgIpc) is 3.04. The smallest absolute Gasteiger partial charge is 0.274 e. The summed E-state index contributed by atoms with van der Waals surface area (Å²) in [4.78, 5) is 15.0. The van der Waals surface area contributed by atoms with E-state index in [0.717, 1.165) is 56.3 Å². The fourth-order valence-corrected chi connectivity index (χ4v) is 4.25. The van der Waals surface area contributed by atoms with Gasteiger partial charge in [0.05, 0.1) is 0 Å². The first-order chi connectivity index (χ1) is 13.1. The van der Waals surface area contributed by atoms with Gasteiger partial charge in [0, 0.05) is 44.0 Å². The Balaban J connectivity index is 1.46. The fourth-order valence-electron chi connectivity index (χ4n) is 4.25. The topological polar surface area (TPSA) is 50.2 Å². The molecule has 1 aliphatic carbocycles. The van der Waals surface area contributed by atoms with Crippen molar-refractivity contribution in [1.82, 2.24) is 20.0 Å². The number of carbonyl (C=O) groups is 1. The number of nitrogens with one attached hydrogen (secondary N) is 1. The van der Waals surface area contributed by atoms with Crippen LogP contribution in [0.2, 0.25) is 0 Å². The minimum Gasteiger partial charge on any atom is -0.337 e. The minimum atomic E-state index is -0.211. The molecule has 1 amide bonds. The van der Waals surface area contributed by atoms with Crippen molar-refractivity contribution in [1.29, 1.82) is 0 Å². The first-order valence-electron chi connectivity index (χ1n) is 9.93. The van der Waals surface area contributed by atoms with E-state index in [2.05, 4.69) is 10.4 Å². The van der Waals surface area contributed by atoms with Gasteiger partial charge in [0.25, 0.3) is 5.91 Å². The highest BCUT2D eigenvalue weighted by Crippen LogP contribution is 2.26. The monoisotopic (exact) mass is 370 g/mol. The van der Waals surface area contributed by atoms with Gasteiger partial charge in [-0.3, -0.25) is 9.48 Å². The number of hydrogen-bond donors (Lipinski definition) is 1. The van der Waals surface area contributed by atoms with Gasteiger partial charge in [-0.15, -0.1) is 0 Å². The van der Waals surface area contributed by atoms with Crippen LogP contribution in [0.25, 0.3) is 0 Å². The zero-order valence-electron chi connectivity index (χ0n) is 15.9. The third-order valence-electron chi connectivity index (χ3n) is 5.81. The van der Waals surface area contributed by atoms with E-state index in [1.807, 2.05) is 28.8 Å². The molecule has 0 bridgehead atoms. The van der Waals surface area contributed by atoms with E-state index < -0.39 is 0 Å². The van der Waals surface area contributed by atoms with Crippen molar-refractivity contribution < 1.29 is 9.18 Å². The lowest BCUT2D eigenvalue weighted by Crippen LogP contribution is -2.38. The highest BCUT2D eigenvalue weighted by Gasteiger charge is 2.30. The molecule has 1 N–H and O–H groups in total. The first-order valence-corrected chi connectivity index (χ1v) is 9.93. The Morgan fingerprint density at radius 2 is 1.96 bits per heavy atom. The zero-order chi connectivity index (χ0) is 18.8. The Morgan fingerprint density at radius 1 is 1.22 bits per heavy atom. The molecule has 2 aromatic rings. The lowest BCUT2D eigenvalue weighted by Gasteiger charge is -2.27. The van der Waals surface area contributed by atoms with E-state index in [1.165, 1.54) is 24.2 Å². The van der Waals surface area contributed by atoms with Crippen molar-refractivity contribution in [2.24, 2.45) is 7.05 Å². The molecular formula is C21H27FN4O.